The van der Waals surface area contributed by atoms with E-state index in [2.05, 4.69) is 20.9 Å². The maximum absolute atomic E-state index is 5.57. The Morgan fingerprint density at radius 1 is 1.60 bits per heavy atom. The highest BCUT2D eigenvalue weighted by Gasteiger charge is 2.12. The lowest BCUT2D eigenvalue weighted by Gasteiger charge is -2.00. The second kappa shape index (κ2) is 4.47. The fourth-order valence-electron chi connectivity index (χ4n) is 1.18. The van der Waals surface area contributed by atoms with E-state index in [1.54, 1.807) is 17.6 Å². The van der Waals surface area contributed by atoms with E-state index in [0.29, 0.717) is 12.4 Å². The van der Waals surface area contributed by atoms with Crippen LogP contribution in [0.15, 0.2) is 26.6 Å². The van der Waals surface area contributed by atoms with Gasteiger partial charge in [0.25, 0.3) is 0 Å². The van der Waals surface area contributed by atoms with E-state index in [4.69, 9.17) is 10.2 Å². The third-order valence-corrected chi connectivity index (χ3v) is 3.78. The van der Waals surface area contributed by atoms with Crippen molar-refractivity contribution in [1.29, 1.82) is 0 Å². The lowest BCUT2D eigenvalue weighted by molar-refractivity contribution is 0.571. The molecule has 0 amide bonds. The molecule has 0 spiro atoms. The van der Waals surface area contributed by atoms with Crippen LogP contribution in [0.25, 0.3) is 10.8 Å². The molecule has 3 nitrogen and oxygen atoms in total. The largest absolute Gasteiger partial charge is 0.444 e. The molecule has 0 aromatic carbocycles. The Morgan fingerprint density at radius 2 is 2.40 bits per heavy atom. The fourth-order valence-corrected chi connectivity index (χ4v) is 2.49. The molecule has 0 bridgehead atoms. The van der Waals surface area contributed by atoms with Crippen LogP contribution in [-0.4, -0.2) is 11.5 Å². The first-order valence-electron chi connectivity index (χ1n) is 4.62. The van der Waals surface area contributed by atoms with Gasteiger partial charge in [-0.25, -0.2) is 4.98 Å². The summed E-state index contributed by atoms with van der Waals surface area (Å²) in [4.78, 5) is 5.43. The molecular formula is C10H11BrN2OS. The molecular weight excluding hydrogens is 276 g/mol. The van der Waals surface area contributed by atoms with Gasteiger partial charge in [0.2, 0.25) is 5.89 Å². The molecule has 0 fully saturated rings. The van der Waals surface area contributed by atoms with E-state index >= 15 is 0 Å². The minimum Gasteiger partial charge on any atom is -0.444 e. The lowest BCUT2D eigenvalue weighted by Crippen LogP contribution is -2.08. The number of nitrogens with zero attached hydrogens (tertiary/aromatic N) is 1. The molecule has 0 aliphatic heterocycles. The van der Waals surface area contributed by atoms with Gasteiger partial charge in [-0.05, 0) is 28.1 Å². The van der Waals surface area contributed by atoms with Gasteiger partial charge in [0.1, 0.15) is 6.26 Å². The van der Waals surface area contributed by atoms with Crippen LogP contribution in [0, 0.1) is 0 Å². The van der Waals surface area contributed by atoms with Crippen molar-refractivity contribution in [3.05, 3.63) is 27.9 Å². The van der Waals surface area contributed by atoms with Crippen LogP contribution in [0.3, 0.4) is 0 Å². The number of oxazole rings is 1. The molecule has 0 aliphatic carbocycles. The van der Waals surface area contributed by atoms with Crippen molar-refractivity contribution in [1.82, 2.24) is 4.98 Å². The zero-order valence-electron chi connectivity index (χ0n) is 8.24. The second-order valence-corrected chi connectivity index (χ2v) is 5.78. The van der Waals surface area contributed by atoms with Crippen molar-refractivity contribution < 1.29 is 4.42 Å². The molecule has 15 heavy (non-hydrogen) atoms. The first-order valence-corrected chi connectivity index (χ1v) is 6.23. The lowest BCUT2D eigenvalue weighted by atomic mass is 10.1. The van der Waals surface area contributed by atoms with E-state index in [1.807, 2.05) is 19.1 Å². The quantitative estimate of drug-likeness (QED) is 0.943. The molecule has 2 N–H and O–H groups in total. The molecule has 2 aromatic heterocycles. The average Bonchev–Trinajstić information content (AvgIpc) is 2.84. The van der Waals surface area contributed by atoms with Crippen LogP contribution in [-0.2, 0) is 0 Å². The Balaban J connectivity index is 2.27. The van der Waals surface area contributed by atoms with Gasteiger partial charge in [0, 0.05) is 12.5 Å². The third-order valence-electron chi connectivity index (χ3n) is 2.16. The van der Waals surface area contributed by atoms with Crippen LogP contribution in [0.2, 0.25) is 0 Å². The Hall–Kier alpha value is -0.650. The number of hydrogen-bond donors (Lipinski definition) is 1. The van der Waals surface area contributed by atoms with Crippen molar-refractivity contribution in [2.45, 2.75) is 12.8 Å². The molecule has 0 saturated carbocycles. The zero-order chi connectivity index (χ0) is 10.8. The van der Waals surface area contributed by atoms with Crippen LogP contribution < -0.4 is 5.73 Å². The number of nitrogens with two attached hydrogens (primary N) is 1. The highest BCUT2D eigenvalue weighted by molar-refractivity contribution is 9.11. The fraction of sp³-hybridized carbons (Fsp3) is 0.300. The van der Waals surface area contributed by atoms with Crippen LogP contribution in [0.4, 0.5) is 0 Å². The maximum atomic E-state index is 5.57. The van der Waals surface area contributed by atoms with Crippen molar-refractivity contribution in [3.8, 4) is 10.8 Å². The van der Waals surface area contributed by atoms with E-state index in [9.17, 15) is 0 Å². The van der Waals surface area contributed by atoms with E-state index in [1.165, 1.54) is 0 Å². The van der Waals surface area contributed by atoms with Gasteiger partial charge < -0.3 is 10.2 Å². The van der Waals surface area contributed by atoms with Crippen LogP contribution in [0.5, 0.6) is 0 Å². The predicted molar refractivity (Wildman–Crippen MR) is 65.0 cm³/mol. The number of halogens is 1. The smallest absolute Gasteiger partial charge is 0.236 e. The van der Waals surface area contributed by atoms with Crippen molar-refractivity contribution in [2.75, 3.05) is 6.54 Å². The Bertz CT molecular complexity index is 452. The standard InChI is InChI=1S/C10H11BrN2OS/c1-6(4-12)7-5-14-10(13-7)8-2-3-9(11)15-8/h2-3,5-6H,4,12H2,1H3. The first kappa shape index (κ1) is 10.9. The maximum Gasteiger partial charge on any atom is 0.236 e. The summed E-state index contributed by atoms with van der Waals surface area (Å²) in [5.74, 6) is 0.909. The zero-order valence-corrected chi connectivity index (χ0v) is 10.6. The molecule has 1 unspecified atom stereocenters. The molecule has 1 atom stereocenters. The van der Waals surface area contributed by atoms with Crippen LogP contribution >= 0.6 is 27.3 Å². The molecule has 5 heteroatoms. The van der Waals surface area contributed by atoms with Crippen molar-refractivity contribution in [2.24, 2.45) is 5.73 Å². The Morgan fingerprint density at radius 3 is 3.00 bits per heavy atom. The summed E-state index contributed by atoms with van der Waals surface area (Å²) in [5, 5.41) is 0. The second-order valence-electron chi connectivity index (χ2n) is 3.32. The topological polar surface area (TPSA) is 52.0 Å². The Labute approximate surface area is 100 Å². The number of rotatable bonds is 3. The Kier molecular flexibility index (Phi) is 3.23. The molecule has 0 saturated heterocycles. The summed E-state index contributed by atoms with van der Waals surface area (Å²) in [6, 6.07) is 3.97. The average molecular weight is 287 g/mol. The molecule has 2 rings (SSSR count). The number of aromatic nitrogens is 1. The number of thiophene rings is 1. The number of hydrogen-bond acceptors (Lipinski definition) is 4. The predicted octanol–water partition coefficient (Wildman–Crippen LogP) is 3.23. The summed E-state index contributed by atoms with van der Waals surface area (Å²) < 4.78 is 6.48. The normalized spacial score (nSPS) is 13.0. The summed E-state index contributed by atoms with van der Waals surface area (Å²) in [6.07, 6.45) is 1.68. The first-order chi connectivity index (χ1) is 7.20. The monoisotopic (exact) mass is 286 g/mol. The van der Waals surface area contributed by atoms with E-state index < -0.39 is 0 Å². The molecule has 0 radical (unpaired) electrons. The molecule has 2 heterocycles. The van der Waals surface area contributed by atoms with Gasteiger partial charge in [-0.1, -0.05) is 6.92 Å². The van der Waals surface area contributed by atoms with Gasteiger partial charge in [0.05, 0.1) is 14.4 Å². The van der Waals surface area contributed by atoms with Crippen LogP contribution in [0.1, 0.15) is 18.5 Å². The van der Waals surface area contributed by atoms with Gasteiger partial charge in [0.15, 0.2) is 0 Å². The van der Waals surface area contributed by atoms with Crippen molar-refractivity contribution >= 4 is 27.3 Å². The van der Waals surface area contributed by atoms with Gasteiger partial charge in [-0.3, -0.25) is 0 Å². The summed E-state index contributed by atoms with van der Waals surface area (Å²) in [5.41, 5.74) is 6.48. The molecule has 80 valence electrons. The van der Waals surface area contributed by atoms with Crippen molar-refractivity contribution in [3.63, 3.8) is 0 Å². The van der Waals surface area contributed by atoms with Gasteiger partial charge in [-0.15, -0.1) is 11.3 Å². The summed E-state index contributed by atoms with van der Waals surface area (Å²) in [7, 11) is 0. The minimum absolute atomic E-state index is 0.242. The SMILES string of the molecule is CC(CN)c1coc(-c2ccc(Br)s2)n1. The summed E-state index contributed by atoms with van der Waals surface area (Å²) >= 11 is 5.01. The van der Waals surface area contributed by atoms with E-state index in [0.717, 1.165) is 14.4 Å². The molecule has 2 aromatic rings. The highest BCUT2D eigenvalue weighted by Crippen LogP contribution is 2.31. The molecule has 0 aliphatic rings. The minimum atomic E-state index is 0.242. The highest BCUT2D eigenvalue weighted by atomic mass is 79.9. The van der Waals surface area contributed by atoms with Gasteiger partial charge in [-0.2, -0.15) is 0 Å². The summed E-state index contributed by atoms with van der Waals surface area (Å²) in [6.45, 7) is 2.62. The third kappa shape index (κ3) is 2.30. The van der Waals surface area contributed by atoms with E-state index in [-0.39, 0.29) is 5.92 Å². The van der Waals surface area contributed by atoms with Gasteiger partial charge >= 0.3 is 0 Å².